The van der Waals surface area contributed by atoms with Gasteiger partial charge in [-0.2, -0.15) is 0 Å². The van der Waals surface area contributed by atoms with Crippen LogP contribution < -0.4 is 10.6 Å². The third-order valence-corrected chi connectivity index (χ3v) is 5.94. The number of morpholine rings is 2. The number of hydrogen-bond donors (Lipinski definition) is 2. The van der Waals surface area contributed by atoms with Crippen molar-refractivity contribution in [2.45, 2.75) is 32.9 Å². The summed E-state index contributed by atoms with van der Waals surface area (Å²) in [4.78, 5) is 9.85. The van der Waals surface area contributed by atoms with Gasteiger partial charge in [0, 0.05) is 45.3 Å². The molecule has 0 bridgehead atoms. The zero-order valence-corrected chi connectivity index (χ0v) is 18.9. The summed E-state index contributed by atoms with van der Waals surface area (Å²) in [6, 6.07) is 9.62. The Balaban J connectivity index is 1.63. The summed E-state index contributed by atoms with van der Waals surface area (Å²) < 4.78 is 11.1. The van der Waals surface area contributed by atoms with Gasteiger partial charge in [-0.1, -0.05) is 29.8 Å². The molecule has 7 nitrogen and oxygen atoms in total. The van der Waals surface area contributed by atoms with Crippen molar-refractivity contribution in [2.24, 2.45) is 4.99 Å². The van der Waals surface area contributed by atoms with E-state index in [0.717, 1.165) is 78.2 Å². The van der Waals surface area contributed by atoms with Gasteiger partial charge in [0.25, 0.3) is 0 Å². The second-order valence-corrected chi connectivity index (χ2v) is 8.17. The lowest BCUT2D eigenvalue weighted by Crippen LogP contribution is -2.47. The molecule has 2 saturated heterocycles. The Morgan fingerprint density at radius 3 is 2.17 bits per heavy atom. The number of ether oxygens (including phenoxy) is 2. The first kappa shape index (κ1) is 23.0. The van der Waals surface area contributed by atoms with Crippen LogP contribution in [-0.4, -0.2) is 94.0 Å². The van der Waals surface area contributed by atoms with Crippen molar-refractivity contribution in [3.8, 4) is 0 Å². The average molecular weight is 418 g/mol. The van der Waals surface area contributed by atoms with Crippen molar-refractivity contribution in [1.29, 1.82) is 0 Å². The number of hydrogen-bond acceptors (Lipinski definition) is 5. The van der Waals surface area contributed by atoms with Crippen LogP contribution >= 0.6 is 0 Å². The largest absolute Gasteiger partial charge is 0.379 e. The monoisotopic (exact) mass is 417 g/mol. The van der Waals surface area contributed by atoms with E-state index in [-0.39, 0.29) is 0 Å². The van der Waals surface area contributed by atoms with Crippen molar-refractivity contribution in [3.63, 3.8) is 0 Å². The SMILES string of the molecule is CCNC(=NCC(C)N1CCOCC1)NCC(c1ccc(C)cc1)N1CCOCC1. The average Bonchev–Trinajstić information content (AvgIpc) is 2.79. The maximum absolute atomic E-state index is 5.58. The Hall–Kier alpha value is -1.67. The number of guanidine groups is 1. The van der Waals surface area contributed by atoms with E-state index in [1.54, 1.807) is 0 Å². The molecule has 2 aliphatic heterocycles. The molecular formula is C23H39N5O2. The number of nitrogens with zero attached hydrogens (tertiary/aromatic N) is 3. The van der Waals surface area contributed by atoms with Gasteiger partial charge in [0.2, 0.25) is 0 Å². The minimum atomic E-state index is 0.301. The van der Waals surface area contributed by atoms with E-state index in [1.165, 1.54) is 11.1 Å². The highest BCUT2D eigenvalue weighted by Gasteiger charge is 2.23. The predicted octanol–water partition coefficient (Wildman–Crippen LogP) is 1.64. The van der Waals surface area contributed by atoms with Crippen molar-refractivity contribution in [2.75, 3.05) is 72.2 Å². The molecule has 0 spiro atoms. The van der Waals surface area contributed by atoms with Gasteiger partial charge in [-0.25, -0.2) is 0 Å². The van der Waals surface area contributed by atoms with Gasteiger partial charge in [0.1, 0.15) is 0 Å². The fourth-order valence-corrected chi connectivity index (χ4v) is 4.03. The van der Waals surface area contributed by atoms with Gasteiger partial charge in [-0.05, 0) is 26.3 Å². The Kier molecular flexibility index (Phi) is 9.39. The second kappa shape index (κ2) is 12.2. The van der Waals surface area contributed by atoms with Gasteiger partial charge < -0.3 is 20.1 Å². The van der Waals surface area contributed by atoms with Crippen LogP contribution in [0.2, 0.25) is 0 Å². The third kappa shape index (κ3) is 6.94. The van der Waals surface area contributed by atoms with E-state index in [9.17, 15) is 0 Å². The second-order valence-electron chi connectivity index (χ2n) is 8.17. The lowest BCUT2D eigenvalue weighted by molar-refractivity contribution is 0.0169. The zero-order valence-electron chi connectivity index (χ0n) is 18.9. The van der Waals surface area contributed by atoms with Crippen molar-refractivity contribution >= 4 is 5.96 Å². The van der Waals surface area contributed by atoms with Crippen molar-refractivity contribution < 1.29 is 9.47 Å². The first-order valence-electron chi connectivity index (χ1n) is 11.4. The molecule has 2 heterocycles. The minimum absolute atomic E-state index is 0.301. The topological polar surface area (TPSA) is 61.4 Å². The summed E-state index contributed by atoms with van der Waals surface area (Å²) in [5, 5.41) is 7.01. The van der Waals surface area contributed by atoms with Gasteiger partial charge in [-0.15, -0.1) is 0 Å². The van der Waals surface area contributed by atoms with Crippen LogP contribution in [0.25, 0.3) is 0 Å². The molecule has 0 amide bonds. The quantitative estimate of drug-likeness (QED) is 0.495. The molecule has 0 aromatic heterocycles. The summed E-state index contributed by atoms with van der Waals surface area (Å²) in [5.74, 6) is 0.892. The molecule has 0 radical (unpaired) electrons. The van der Waals surface area contributed by atoms with Crippen LogP contribution in [0.5, 0.6) is 0 Å². The molecule has 2 fully saturated rings. The van der Waals surface area contributed by atoms with E-state index in [4.69, 9.17) is 14.5 Å². The van der Waals surface area contributed by atoms with Gasteiger partial charge in [-0.3, -0.25) is 14.8 Å². The summed E-state index contributed by atoms with van der Waals surface area (Å²) in [7, 11) is 0. The predicted molar refractivity (Wildman–Crippen MR) is 122 cm³/mol. The van der Waals surface area contributed by atoms with Crippen LogP contribution in [0.15, 0.2) is 29.3 Å². The molecule has 0 saturated carbocycles. The number of aliphatic imine (C=N–C) groups is 1. The van der Waals surface area contributed by atoms with Crippen LogP contribution in [0.4, 0.5) is 0 Å². The third-order valence-electron chi connectivity index (χ3n) is 5.94. The number of rotatable bonds is 8. The molecule has 1 aromatic carbocycles. The molecule has 2 unspecified atom stereocenters. The fraction of sp³-hybridized carbons (Fsp3) is 0.696. The number of nitrogens with one attached hydrogen (secondary N) is 2. The minimum Gasteiger partial charge on any atom is -0.379 e. The van der Waals surface area contributed by atoms with E-state index in [2.05, 4.69) is 65.5 Å². The van der Waals surface area contributed by atoms with E-state index in [1.807, 2.05) is 0 Å². The zero-order chi connectivity index (χ0) is 21.2. The normalized spacial score (nSPS) is 21.2. The highest BCUT2D eigenvalue weighted by Crippen LogP contribution is 2.21. The molecule has 1 aromatic rings. The highest BCUT2D eigenvalue weighted by molar-refractivity contribution is 5.79. The maximum atomic E-state index is 5.58. The van der Waals surface area contributed by atoms with Crippen molar-refractivity contribution in [3.05, 3.63) is 35.4 Å². The van der Waals surface area contributed by atoms with E-state index >= 15 is 0 Å². The first-order chi connectivity index (χ1) is 14.7. The molecule has 7 heteroatoms. The Bertz CT molecular complexity index is 639. The standard InChI is InChI=1S/C23H39N5O2/c1-4-24-23(25-17-20(3)27-9-13-29-14-10-27)26-18-22(28-11-15-30-16-12-28)21-7-5-19(2)6-8-21/h5-8,20,22H,4,9-18H2,1-3H3,(H2,24,25,26). The molecular weight excluding hydrogens is 378 g/mol. The molecule has 2 aliphatic rings. The summed E-state index contributed by atoms with van der Waals surface area (Å²) in [6.45, 7) is 16.1. The van der Waals surface area contributed by atoms with Crippen LogP contribution in [0, 0.1) is 6.92 Å². The molecule has 2 atom stereocenters. The summed E-state index contributed by atoms with van der Waals surface area (Å²) in [5.41, 5.74) is 2.63. The number of benzene rings is 1. The Morgan fingerprint density at radius 1 is 0.967 bits per heavy atom. The van der Waals surface area contributed by atoms with Crippen molar-refractivity contribution in [1.82, 2.24) is 20.4 Å². The van der Waals surface area contributed by atoms with Crippen LogP contribution in [0.3, 0.4) is 0 Å². The molecule has 0 aliphatic carbocycles. The lowest BCUT2D eigenvalue weighted by atomic mass is 10.0. The first-order valence-corrected chi connectivity index (χ1v) is 11.4. The smallest absolute Gasteiger partial charge is 0.191 e. The maximum Gasteiger partial charge on any atom is 0.191 e. The lowest BCUT2D eigenvalue weighted by Gasteiger charge is -2.35. The van der Waals surface area contributed by atoms with Crippen LogP contribution in [-0.2, 0) is 9.47 Å². The highest BCUT2D eigenvalue weighted by atomic mass is 16.5. The fourth-order valence-electron chi connectivity index (χ4n) is 4.03. The molecule has 3 rings (SSSR count). The van der Waals surface area contributed by atoms with E-state index in [0.29, 0.717) is 12.1 Å². The summed E-state index contributed by atoms with van der Waals surface area (Å²) in [6.07, 6.45) is 0. The van der Waals surface area contributed by atoms with Gasteiger partial charge in [0.05, 0.1) is 39.0 Å². The van der Waals surface area contributed by atoms with Gasteiger partial charge in [0.15, 0.2) is 5.96 Å². The van der Waals surface area contributed by atoms with Crippen LogP contribution in [0.1, 0.15) is 31.0 Å². The van der Waals surface area contributed by atoms with Gasteiger partial charge >= 0.3 is 0 Å². The molecule has 2 N–H and O–H groups in total. The molecule has 168 valence electrons. The Labute approximate surface area is 181 Å². The Morgan fingerprint density at radius 2 is 1.57 bits per heavy atom. The van der Waals surface area contributed by atoms with E-state index < -0.39 is 0 Å². The summed E-state index contributed by atoms with van der Waals surface area (Å²) >= 11 is 0. The number of aryl methyl sites for hydroxylation is 1. The molecule has 30 heavy (non-hydrogen) atoms.